The van der Waals surface area contributed by atoms with Gasteiger partial charge >= 0.3 is 14.1 Å². The van der Waals surface area contributed by atoms with Crippen LogP contribution in [0.25, 0.3) is 0 Å². The van der Waals surface area contributed by atoms with Gasteiger partial charge in [-0.05, 0) is 20.0 Å². The number of carbonyl (C=O) groups excluding carboxylic acids is 1. The maximum atomic E-state index is 11.2. The van der Waals surface area contributed by atoms with Crippen LogP contribution >= 0.6 is 0 Å². The molecule has 0 radical (unpaired) electrons. The summed E-state index contributed by atoms with van der Waals surface area (Å²) >= 11 is 0. The van der Waals surface area contributed by atoms with Crippen LogP contribution in [0.2, 0.25) is 0 Å². The van der Waals surface area contributed by atoms with Gasteiger partial charge in [-0.2, -0.15) is 0 Å². The van der Waals surface area contributed by atoms with Crippen LogP contribution in [0.15, 0.2) is 0 Å². The van der Waals surface area contributed by atoms with Crippen LogP contribution in [0.1, 0.15) is 45.4 Å². The molecule has 1 amide bonds. The molecule has 0 unspecified atom stereocenters. The number of hydrogen-bond donors (Lipinski definition) is 0. The zero-order chi connectivity index (χ0) is 13.8. The highest BCUT2D eigenvalue weighted by molar-refractivity contribution is 6.04. The molecule has 5 heteroatoms. The molecule has 0 spiro atoms. The van der Waals surface area contributed by atoms with Crippen molar-refractivity contribution in [1.82, 2.24) is 9.80 Å². The van der Waals surface area contributed by atoms with E-state index in [-0.39, 0.29) is 6.09 Å². The predicted molar refractivity (Wildman–Crippen MR) is 78.5 cm³/mol. The highest BCUT2D eigenvalue weighted by atomic mass is 16.5. The lowest BCUT2D eigenvalue weighted by atomic mass is 10.1. The molecule has 4 nitrogen and oxygen atoms in total. The van der Waals surface area contributed by atoms with Gasteiger partial charge < -0.3 is 14.5 Å². The van der Waals surface area contributed by atoms with Crippen LogP contribution in [0, 0.1) is 0 Å². The molecule has 0 saturated heterocycles. The summed E-state index contributed by atoms with van der Waals surface area (Å²) in [6.45, 7) is 4.98. The van der Waals surface area contributed by atoms with Crippen LogP contribution in [-0.2, 0) is 4.65 Å². The number of likely N-dealkylation sites (N-methyl/N-ethyl adjacent to an activating group) is 2. The first-order valence-electron chi connectivity index (χ1n) is 7.09. The fourth-order valence-corrected chi connectivity index (χ4v) is 1.84. The summed E-state index contributed by atoms with van der Waals surface area (Å²) < 4.78 is 4.65. The first-order valence-corrected chi connectivity index (χ1v) is 7.09. The van der Waals surface area contributed by atoms with Crippen LogP contribution in [0.3, 0.4) is 0 Å². The molecule has 0 saturated carbocycles. The van der Waals surface area contributed by atoms with Crippen LogP contribution < -0.4 is 0 Å². The second-order valence-electron chi connectivity index (χ2n) is 4.96. The Balaban J connectivity index is 3.42. The maximum absolute atomic E-state index is 11.2. The van der Waals surface area contributed by atoms with Crippen LogP contribution in [0.4, 0.5) is 4.79 Å². The minimum Gasteiger partial charge on any atom is -0.528 e. The standard InChI is InChI=1S/C13H29BN2O2/c1-4-5-6-7-8-9-10-15(2)11-12-16(3)13(17)18-14/h4-12,14H2,1-3H3. The summed E-state index contributed by atoms with van der Waals surface area (Å²) in [5, 5.41) is 0. The molecule has 0 rings (SSSR count). The van der Waals surface area contributed by atoms with Gasteiger partial charge in [0.1, 0.15) is 0 Å². The molecule has 0 atom stereocenters. The zero-order valence-electron chi connectivity index (χ0n) is 12.6. The van der Waals surface area contributed by atoms with Gasteiger partial charge in [0.05, 0.1) is 0 Å². The van der Waals surface area contributed by atoms with Crippen molar-refractivity contribution >= 4 is 14.1 Å². The minimum atomic E-state index is -0.261. The quantitative estimate of drug-likeness (QED) is 0.442. The Labute approximate surface area is 113 Å². The Morgan fingerprint density at radius 1 is 1.00 bits per heavy atom. The maximum Gasteiger partial charge on any atom is 0.391 e. The van der Waals surface area contributed by atoms with E-state index in [1.54, 1.807) is 11.9 Å². The van der Waals surface area contributed by atoms with E-state index in [2.05, 4.69) is 23.5 Å². The molecule has 0 aliphatic rings. The SMILES string of the molecule is BOC(=O)N(C)CCN(C)CCCCCCCC. The largest absolute Gasteiger partial charge is 0.528 e. The van der Waals surface area contributed by atoms with Crippen LogP contribution in [0.5, 0.6) is 0 Å². The average Bonchev–Trinajstić information content (AvgIpc) is 2.38. The topological polar surface area (TPSA) is 32.8 Å². The van der Waals surface area contributed by atoms with Crippen molar-refractivity contribution in [3.05, 3.63) is 0 Å². The van der Waals surface area contributed by atoms with E-state index in [9.17, 15) is 4.79 Å². The summed E-state index contributed by atoms with van der Waals surface area (Å²) in [4.78, 5) is 15.1. The second-order valence-corrected chi connectivity index (χ2v) is 4.96. The third kappa shape index (κ3) is 9.34. The van der Waals surface area contributed by atoms with Gasteiger partial charge in [0.2, 0.25) is 0 Å². The van der Waals surface area contributed by atoms with E-state index in [0.29, 0.717) is 0 Å². The van der Waals surface area contributed by atoms with E-state index >= 15 is 0 Å². The van der Waals surface area contributed by atoms with Gasteiger partial charge in [-0.15, -0.1) is 0 Å². The molecule has 106 valence electrons. The summed E-state index contributed by atoms with van der Waals surface area (Å²) in [6, 6.07) is 0. The Kier molecular flexibility index (Phi) is 10.9. The summed E-state index contributed by atoms with van der Waals surface area (Å²) in [5.41, 5.74) is 0. The highest BCUT2D eigenvalue weighted by Crippen LogP contribution is 2.05. The molecule has 0 bridgehead atoms. The molecule has 0 heterocycles. The summed E-state index contributed by atoms with van der Waals surface area (Å²) in [5.74, 6) is 0. The minimum absolute atomic E-state index is 0.261. The van der Waals surface area contributed by atoms with Gasteiger partial charge in [0.25, 0.3) is 0 Å². The van der Waals surface area contributed by atoms with Crippen molar-refractivity contribution in [2.45, 2.75) is 45.4 Å². The van der Waals surface area contributed by atoms with Gasteiger partial charge in [-0.25, -0.2) is 4.79 Å². The van der Waals surface area contributed by atoms with Crippen molar-refractivity contribution in [2.75, 3.05) is 33.7 Å². The lowest BCUT2D eigenvalue weighted by Gasteiger charge is -2.21. The van der Waals surface area contributed by atoms with E-state index in [1.165, 1.54) is 46.6 Å². The van der Waals surface area contributed by atoms with Crippen LogP contribution in [-0.4, -0.2) is 57.7 Å². The van der Waals surface area contributed by atoms with Crippen molar-refractivity contribution in [1.29, 1.82) is 0 Å². The summed E-state index contributed by atoms with van der Waals surface area (Å²) in [6.07, 6.45) is 7.69. The number of nitrogens with zero attached hydrogens (tertiary/aromatic N) is 2. The highest BCUT2D eigenvalue weighted by Gasteiger charge is 2.07. The van der Waals surface area contributed by atoms with E-state index in [1.807, 2.05) is 0 Å². The summed E-state index contributed by atoms with van der Waals surface area (Å²) in [7, 11) is 5.29. The third-order valence-corrected chi connectivity index (χ3v) is 3.20. The molecule has 0 aliphatic heterocycles. The molecular weight excluding hydrogens is 227 g/mol. The van der Waals surface area contributed by atoms with E-state index < -0.39 is 0 Å². The molecule has 0 aliphatic carbocycles. The fraction of sp³-hybridized carbons (Fsp3) is 0.923. The Morgan fingerprint density at radius 2 is 1.61 bits per heavy atom. The molecule has 0 aromatic carbocycles. The second kappa shape index (κ2) is 11.4. The van der Waals surface area contributed by atoms with E-state index in [0.717, 1.165) is 19.6 Å². The van der Waals surface area contributed by atoms with E-state index in [4.69, 9.17) is 0 Å². The third-order valence-electron chi connectivity index (χ3n) is 3.20. The first-order chi connectivity index (χ1) is 8.61. The molecule has 0 aromatic rings. The number of carbonyl (C=O) groups is 1. The van der Waals surface area contributed by atoms with Crippen molar-refractivity contribution in [3.8, 4) is 0 Å². The van der Waals surface area contributed by atoms with Crippen molar-refractivity contribution in [2.24, 2.45) is 0 Å². The molecular formula is C13H29BN2O2. The van der Waals surface area contributed by atoms with Crippen molar-refractivity contribution < 1.29 is 9.45 Å². The van der Waals surface area contributed by atoms with Gasteiger partial charge in [0, 0.05) is 20.1 Å². The number of rotatable bonds is 10. The molecule has 0 fully saturated rings. The monoisotopic (exact) mass is 256 g/mol. The van der Waals surface area contributed by atoms with Crippen molar-refractivity contribution in [3.63, 3.8) is 0 Å². The Morgan fingerprint density at radius 3 is 2.22 bits per heavy atom. The predicted octanol–water partition coefficient (Wildman–Crippen LogP) is 1.90. The average molecular weight is 256 g/mol. The molecule has 18 heavy (non-hydrogen) atoms. The Hall–Kier alpha value is -0.705. The lowest BCUT2D eigenvalue weighted by molar-refractivity contribution is 0.161. The number of amides is 1. The number of unbranched alkanes of at least 4 members (excludes halogenated alkanes) is 5. The fourth-order valence-electron chi connectivity index (χ4n) is 1.84. The van der Waals surface area contributed by atoms with Gasteiger partial charge in [-0.3, -0.25) is 0 Å². The lowest BCUT2D eigenvalue weighted by Crippen LogP contribution is -2.35. The van der Waals surface area contributed by atoms with Gasteiger partial charge in [0.15, 0.2) is 0 Å². The zero-order valence-corrected chi connectivity index (χ0v) is 12.6. The Bertz CT molecular complexity index is 215. The smallest absolute Gasteiger partial charge is 0.391 e. The van der Waals surface area contributed by atoms with Gasteiger partial charge in [-0.1, -0.05) is 39.0 Å². The molecule has 0 aromatic heterocycles. The normalized spacial score (nSPS) is 10.7. The first kappa shape index (κ1) is 17.3. The number of hydrogen-bond acceptors (Lipinski definition) is 3. The molecule has 0 N–H and O–H groups in total.